The summed E-state index contributed by atoms with van der Waals surface area (Å²) in [6, 6.07) is 4.12. The van der Waals surface area contributed by atoms with Crippen molar-refractivity contribution in [2.24, 2.45) is 0 Å². The van der Waals surface area contributed by atoms with Gasteiger partial charge in [-0.25, -0.2) is 4.39 Å². The number of hydrogen-bond acceptors (Lipinski definition) is 3. The standard InChI is InChI=1S/C14H19FN2O.ClH/c1-2-3-13(17-8-6-16-7-9-17)12-10-11(15)4-5-14(12)18;/h2,4-5,10,13,16,18H,1,3,6-9H2;1H/t13-;/m0./s1. The molecule has 1 aliphatic heterocycles. The maximum atomic E-state index is 13.3. The molecule has 2 rings (SSSR count). The van der Waals surface area contributed by atoms with Gasteiger partial charge in [0.05, 0.1) is 0 Å². The predicted molar refractivity (Wildman–Crippen MR) is 77.3 cm³/mol. The van der Waals surface area contributed by atoms with Gasteiger partial charge in [0.15, 0.2) is 0 Å². The van der Waals surface area contributed by atoms with Crippen molar-refractivity contribution in [2.45, 2.75) is 12.5 Å². The summed E-state index contributed by atoms with van der Waals surface area (Å²) in [6.45, 7) is 7.39. The van der Waals surface area contributed by atoms with Crippen LogP contribution < -0.4 is 5.32 Å². The van der Waals surface area contributed by atoms with Gasteiger partial charge in [0.1, 0.15) is 11.6 Å². The molecule has 0 saturated carbocycles. The minimum absolute atomic E-state index is 0. The molecular formula is C14H20ClFN2O. The molecule has 106 valence electrons. The van der Waals surface area contributed by atoms with Gasteiger partial charge in [0.2, 0.25) is 0 Å². The Morgan fingerprint density at radius 1 is 1.42 bits per heavy atom. The summed E-state index contributed by atoms with van der Waals surface area (Å²) in [4.78, 5) is 2.26. The predicted octanol–water partition coefficient (Wildman–Crippen LogP) is 2.48. The number of nitrogens with zero attached hydrogens (tertiary/aromatic N) is 1. The summed E-state index contributed by atoms with van der Waals surface area (Å²) < 4.78 is 13.3. The van der Waals surface area contributed by atoms with Crippen LogP contribution in [0.2, 0.25) is 0 Å². The average molecular weight is 287 g/mol. The van der Waals surface area contributed by atoms with E-state index in [0.29, 0.717) is 12.0 Å². The topological polar surface area (TPSA) is 35.5 Å². The lowest BCUT2D eigenvalue weighted by Gasteiger charge is -2.35. The van der Waals surface area contributed by atoms with Crippen molar-refractivity contribution in [1.29, 1.82) is 0 Å². The van der Waals surface area contributed by atoms with Crippen LogP contribution in [0.25, 0.3) is 0 Å². The van der Waals surface area contributed by atoms with Gasteiger partial charge in [-0.2, -0.15) is 0 Å². The zero-order valence-corrected chi connectivity index (χ0v) is 11.6. The number of aromatic hydroxyl groups is 1. The number of hydrogen-bond donors (Lipinski definition) is 2. The number of benzene rings is 1. The number of halogens is 2. The van der Waals surface area contributed by atoms with Crippen LogP contribution in [0.15, 0.2) is 30.9 Å². The highest BCUT2D eigenvalue weighted by molar-refractivity contribution is 5.85. The number of phenols is 1. The number of rotatable bonds is 4. The lowest BCUT2D eigenvalue weighted by atomic mass is 10.00. The highest BCUT2D eigenvalue weighted by atomic mass is 35.5. The minimum atomic E-state index is -0.313. The highest BCUT2D eigenvalue weighted by Crippen LogP contribution is 2.32. The van der Waals surface area contributed by atoms with E-state index in [0.717, 1.165) is 26.2 Å². The van der Waals surface area contributed by atoms with Gasteiger partial charge in [0, 0.05) is 37.8 Å². The average Bonchev–Trinajstić information content (AvgIpc) is 2.40. The molecule has 1 saturated heterocycles. The fourth-order valence-electron chi connectivity index (χ4n) is 2.42. The first-order valence-corrected chi connectivity index (χ1v) is 6.26. The zero-order valence-electron chi connectivity index (χ0n) is 10.8. The molecule has 1 aromatic rings. The molecule has 1 atom stereocenters. The van der Waals surface area contributed by atoms with Gasteiger partial charge >= 0.3 is 0 Å². The lowest BCUT2D eigenvalue weighted by Crippen LogP contribution is -2.45. The fourth-order valence-corrected chi connectivity index (χ4v) is 2.42. The first kappa shape index (κ1) is 16.0. The third-order valence-corrected chi connectivity index (χ3v) is 3.33. The summed E-state index contributed by atoms with van der Waals surface area (Å²) in [5.74, 6) is -0.159. The summed E-state index contributed by atoms with van der Waals surface area (Å²) in [6.07, 6.45) is 2.52. The maximum absolute atomic E-state index is 13.3. The molecule has 0 aromatic heterocycles. The maximum Gasteiger partial charge on any atom is 0.123 e. The summed E-state index contributed by atoms with van der Waals surface area (Å²) in [5.41, 5.74) is 0.650. The molecule has 1 aliphatic rings. The Hall–Kier alpha value is -1.10. The van der Waals surface area contributed by atoms with Crippen molar-refractivity contribution >= 4 is 12.4 Å². The van der Waals surface area contributed by atoms with E-state index in [1.54, 1.807) is 0 Å². The van der Waals surface area contributed by atoms with E-state index in [1.807, 2.05) is 6.08 Å². The molecule has 1 fully saturated rings. The van der Waals surface area contributed by atoms with Crippen LogP contribution in [0, 0.1) is 5.82 Å². The Labute approximate surface area is 119 Å². The Kier molecular flexibility index (Phi) is 6.28. The van der Waals surface area contributed by atoms with E-state index in [-0.39, 0.29) is 30.0 Å². The second-order valence-electron chi connectivity index (χ2n) is 4.53. The molecule has 0 spiro atoms. The van der Waals surface area contributed by atoms with Gasteiger partial charge in [-0.15, -0.1) is 19.0 Å². The van der Waals surface area contributed by atoms with Crippen LogP contribution in [0.4, 0.5) is 4.39 Å². The van der Waals surface area contributed by atoms with Crippen molar-refractivity contribution in [3.05, 3.63) is 42.2 Å². The lowest BCUT2D eigenvalue weighted by molar-refractivity contribution is 0.171. The normalized spacial score (nSPS) is 17.5. The smallest absolute Gasteiger partial charge is 0.123 e. The highest BCUT2D eigenvalue weighted by Gasteiger charge is 2.23. The molecule has 1 heterocycles. The monoisotopic (exact) mass is 286 g/mol. The Balaban J connectivity index is 0.00000180. The number of piperazine rings is 1. The second kappa shape index (κ2) is 7.48. The van der Waals surface area contributed by atoms with Crippen molar-refractivity contribution in [1.82, 2.24) is 10.2 Å². The molecule has 2 N–H and O–H groups in total. The second-order valence-corrected chi connectivity index (χ2v) is 4.53. The van der Waals surface area contributed by atoms with E-state index in [2.05, 4.69) is 16.8 Å². The van der Waals surface area contributed by atoms with Crippen molar-refractivity contribution in [3.8, 4) is 5.75 Å². The third-order valence-electron chi connectivity index (χ3n) is 3.33. The summed E-state index contributed by atoms with van der Waals surface area (Å²) in [7, 11) is 0. The van der Waals surface area contributed by atoms with Crippen molar-refractivity contribution in [3.63, 3.8) is 0 Å². The molecule has 0 unspecified atom stereocenters. The van der Waals surface area contributed by atoms with Gasteiger partial charge in [-0.1, -0.05) is 6.08 Å². The summed E-state index contributed by atoms with van der Waals surface area (Å²) >= 11 is 0. The van der Waals surface area contributed by atoms with Crippen molar-refractivity contribution < 1.29 is 9.50 Å². The molecule has 0 bridgehead atoms. The Morgan fingerprint density at radius 2 is 2.11 bits per heavy atom. The minimum Gasteiger partial charge on any atom is -0.508 e. The number of phenolic OH excluding ortho intramolecular Hbond substituents is 1. The molecular weight excluding hydrogens is 267 g/mol. The first-order valence-electron chi connectivity index (χ1n) is 6.26. The molecule has 1 aromatic carbocycles. The van der Waals surface area contributed by atoms with E-state index in [1.165, 1.54) is 18.2 Å². The number of nitrogens with one attached hydrogen (secondary N) is 1. The fraction of sp³-hybridized carbons (Fsp3) is 0.429. The van der Waals surface area contributed by atoms with Gasteiger partial charge in [-0.05, 0) is 24.6 Å². The third kappa shape index (κ3) is 3.93. The molecule has 0 amide bonds. The van der Waals surface area contributed by atoms with Crippen LogP contribution >= 0.6 is 12.4 Å². The van der Waals surface area contributed by atoms with Crippen LogP contribution in [-0.2, 0) is 0 Å². The largest absolute Gasteiger partial charge is 0.508 e. The van der Waals surface area contributed by atoms with Crippen LogP contribution in [0.1, 0.15) is 18.0 Å². The first-order chi connectivity index (χ1) is 8.72. The van der Waals surface area contributed by atoms with E-state index in [9.17, 15) is 9.50 Å². The van der Waals surface area contributed by atoms with Crippen molar-refractivity contribution in [2.75, 3.05) is 26.2 Å². The molecule has 0 aliphatic carbocycles. The van der Waals surface area contributed by atoms with Crippen LogP contribution in [-0.4, -0.2) is 36.2 Å². The van der Waals surface area contributed by atoms with Gasteiger partial charge < -0.3 is 10.4 Å². The summed E-state index contributed by atoms with van der Waals surface area (Å²) in [5, 5.41) is 13.2. The zero-order chi connectivity index (χ0) is 13.0. The Bertz CT molecular complexity index is 422. The van der Waals surface area contributed by atoms with Gasteiger partial charge in [-0.3, -0.25) is 4.90 Å². The van der Waals surface area contributed by atoms with E-state index >= 15 is 0 Å². The van der Waals surface area contributed by atoms with E-state index < -0.39 is 0 Å². The molecule has 0 radical (unpaired) electrons. The van der Waals surface area contributed by atoms with Crippen LogP contribution in [0.5, 0.6) is 5.75 Å². The van der Waals surface area contributed by atoms with Gasteiger partial charge in [0.25, 0.3) is 0 Å². The SMILES string of the molecule is C=CC[C@@H](c1cc(F)ccc1O)N1CCNCC1.Cl. The van der Waals surface area contributed by atoms with Crippen LogP contribution in [0.3, 0.4) is 0 Å². The Morgan fingerprint density at radius 3 is 2.74 bits per heavy atom. The molecule has 19 heavy (non-hydrogen) atoms. The molecule has 5 heteroatoms. The van der Waals surface area contributed by atoms with E-state index in [4.69, 9.17) is 0 Å². The quantitative estimate of drug-likeness (QED) is 0.835. The molecule has 3 nitrogen and oxygen atoms in total.